The minimum Gasteiger partial charge on any atom is -0.398 e. The van der Waals surface area contributed by atoms with Crippen LogP contribution in [0.5, 0.6) is 0 Å². The molecule has 0 radical (unpaired) electrons. The Morgan fingerprint density at radius 2 is 1.76 bits per heavy atom. The van der Waals surface area contributed by atoms with Gasteiger partial charge in [0.15, 0.2) is 0 Å². The second kappa shape index (κ2) is 5.85. The van der Waals surface area contributed by atoms with Gasteiger partial charge in [-0.3, -0.25) is 4.72 Å². The predicted octanol–water partition coefficient (Wildman–Crippen LogP) is 2.52. The summed E-state index contributed by atoms with van der Waals surface area (Å²) >= 11 is 0. The fourth-order valence-corrected chi connectivity index (χ4v) is 4.51. The van der Waals surface area contributed by atoms with E-state index in [0.717, 1.165) is 17.5 Å². The number of benzene rings is 1. The SMILES string of the molecule is Cc1ccc(NS(=O)(=O)N2CC(C)CC(C)C2)c(C)c1N. The Kier molecular flexibility index (Phi) is 4.49. The summed E-state index contributed by atoms with van der Waals surface area (Å²) in [5, 5.41) is 0. The van der Waals surface area contributed by atoms with E-state index in [4.69, 9.17) is 5.73 Å². The average molecular weight is 311 g/mol. The molecule has 3 N–H and O–H groups in total. The van der Waals surface area contributed by atoms with Crippen molar-refractivity contribution in [3.8, 4) is 0 Å². The molecule has 0 aromatic heterocycles. The van der Waals surface area contributed by atoms with Crippen LogP contribution in [-0.2, 0) is 10.2 Å². The summed E-state index contributed by atoms with van der Waals surface area (Å²) in [4.78, 5) is 0. The Bertz CT molecular complexity index is 618. The van der Waals surface area contributed by atoms with Crippen molar-refractivity contribution in [2.75, 3.05) is 23.5 Å². The molecular formula is C15H25N3O2S. The molecule has 0 bridgehead atoms. The van der Waals surface area contributed by atoms with Crippen molar-refractivity contribution in [2.45, 2.75) is 34.1 Å². The zero-order chi connectivity index (χ0) is 15.8. The Hall–Kier alpha value is -1.27. The van der Waals surface area contributed by atoms with Gasteiger partial charge in [-0.1, -0.05) is 19.9 Å². The Balaban J connectivity index is 2.24. The van der Waals surface area contributed by atoms with Crippen LogP contribution in [0.1, 0.15) is 31.4 Å². The first-order chi connectivity index (χ1) is 9.70. The topological polar surface area (TPSA) is 75.4 Å². The molecule has 1 aliphatic heterocycles. The van der Waals surface area contributed by atoms with Gasteiger partial charge in [0, 0.05) is 18.8 Å². The molecule has 2 atom stereocenters. The van der Waals surface area contributed by atoms with Crippen molar-refractivity contribution in [1.82, 2.24) is 4.31 Å². The summed E-state index contributed by atoms with van der Waals surface area (Å²) in [6.45, 7) is 9.07. The molecule has 2 unspecified atom stereocenters. The molecule has 1 aromatic carbocycles. The Morgan fingerprint density at radius 3 is 2.33 bits per heavy atom. The number of nitrogens with zero attached hydrogens (tertiary/aromatic N) is 1. The van der Waals surface area contributed by atoms with Gasteiger partial charge in [-0.15, -0.1) is 0 Å². The van der Waals surface area contributed by atoms with Gasteiger partial charge in [0.05, 0.1) is 5.69 Å². The van der Waals surface area contributed by atoms with Gasteiger partial charge in [0.2, 0.25) is 0 Å². The molecule has 6 heteroatoms. The third-order valence-electron chi connectivity index (χ3n) is 4.15. The third kappa shape index (κ3) is 3.49. The number of nitrogens with two attached hydrogens (primary N) is 1. The molecule has 0 spiro atoms. The largest absolute Gasteiger partial charge is 0.398 e. The van der Waals surface area contributed by atoms with Crippen molar-refractivity contribution in [3.63, 3.8) is 0 Å². The lowest BCUT2D eigenvalue weighted by molar-refractivity contribution is 0.223. The van der Waals surface area contributed by atoms with Crippen molar-refractivity contribution >= 4 is 21.6 Å². The van der Waals surface area contributed by atoms with Gasteiger partial charge in [0.1, 0.15) is 0 Å². The minimum atomic E-state index is -3.53. The van der Waals surface area contributed by atoms with Crippen molar-refractivity contribution in [2.24, 2.45) is 11.8 Å². The molecule has 2 rings (SSSR count). The fraction of sp³-hybridized carbons (Fsp3) is 0.600. The van der Waals surface area contributed by atoms with Crippen LogP contribution in [0.4, 0.5) is 11.4 Å². The first kappa shape index (κ1) is 16.1. The maximum absolute atomic E-state index is 12.6. The van der Waals surface area contributed by atoms with E-state index in [1.54, 1.807) is 10.4 Å². The minimum absolute atomic E-state index is 0.384. The predicted molar refractivity (Wildman–Crippen MR) is 87.4 cm³/mol. The maximum atomic E-state index is 12.6. The summed E-state index contributed by atoms with van der Waals surface area (Å²) in [5.41, 5.74) is 8.90. The first-order valence-electron chi connectivity index (χ1n) is 7.34. The molecule has 1 saturated heterocycles. The Labute approximate surface area is 127 Å². The number of hydrogen-bond acceptors (Lipinski definition) is 3. The van der Waals surface area contributed by atoms with E-state index in [2.05, 4.69) is 18.6 Å². The standard InChI is InChI=1S/C15H25N3O2S/c1-10-7-11(2)9-18(8-10)21(19,20)17-14-6-5-12(3)15(16)13(14)4/h5-6,10-11,17H,7-9,16H2,1-4H3. The molecule has 118 valence electrons. The van der Waals surface area contributed by atoms with Crippen LogP contribution in [0.25, 0.3) is 0 Å². The Morgan fingerprint density at radius 1 is 1.19 bits per heavy atom. The van der Waals surface area contributed by atoms with Crippen molar-refractivity contribution in [1.29, 1.82) is 0 Å². The van der Waals surface area contributed by atoms with Crippen LogP contribution in [0.3, 0.4) is 0 Å². The van der Waals surface area contributed by atoms with Crippen LogP contribution in [0.15, 0.2) is 12.1 Å². The van der Waals surface area contributed by atoms with Crippen LogP contribution >= 0.6 is 0 Å². The van der Waals surface area contributed by atoms with E-state index >= 15 is 0 Å². The third-order valence-corrected chi connectivity index (χ3v) is 5.60. The maximum Gasteiger partial charge on any atom is 0.301 e. The highest BCUT2D eigenvalue weighted by Crippen LogP contribution is 2.28. The molecule has 5 nitrogen and oxygen atoms in total. The quantitative estimate of drug-likeness (QED) is 0.842. The number of nitrogen functional groups attached to an aromatic ring is 1. The summed E-state index contributed by atoms with van der Waals surface area (Å²) in [6, 6.07) is 3.61. The molecule has 0 amide bonds. The van der Waals surface area contributed by atoms with E-state index < -0.39 is 10.2 Å². The number of nitrogens with one attached hydrogen (secondary N) is 1. The van der Waals surface area contributed by atoms with Gasteiger partial charge in [-0.05, 0) is 49.3 Å². The van der Waals surface area contributed by atoms with Crippen LogP contribution in [0, 0.1) is 25.7 Å². The molecule has 1 heterocycles. The smallest absolute Gasteiger partial charge is 0.301 e. The van der Waals surface area contributed by atoms with Crippen molar-refractivity contribution < 1.29 is 8.42 Å². The molecule has 21 heavy (non-hydrogen) atoms. The zero-order valence-electron chi connectivity index (χ0n) is 13.2. The molecule has 1 aromatic rings. The summed E-state index contributed by atoms with van der Waals surface area (Å²) in [5.74, 6) is 0.768. The number of hydrogen-bond donors (Lipinski definition) is 2. The van der Waals surface area contributed by atoms with E-state index in [-0.39, 0.29) is 0 Å². The second-order valence-electron chi connectivity index (χ2n) is 6.34. The molecule has 0 aliphatic carbocycles. The number of rotatable bonds is 3. The van der Waals surface area contributed by atoms with Crippen LogP contribution in [0.2, 0.25) is 0 Å². The van der Waals surface area contributed by atoms with E-state index in [9.17, 15) is 8.42 Å². The van der Waals surface area contributed by atoms with E-state index in [0.29, 0.717) is 36.3 Å². The fourth-order valence-electron chi connectivity index (χ4n) is 2.98. The normalized spacial score (nSPS) is 24.0. The van der Waals surface area contributed by atoms with Gasteiger partial charge in [-0.2, -0.15) is 12.7 Å². The van der Waals surface area contributed by atoms with Crippen LogP contribution in [-0.4, -0.2) is 25.8 Å². The number of anilines is 2. The van der Waals surface area contributed by atoms with Crippen LogP contribution < -0.4 is 10.5 Å². The monoisotopic (exact) mass is 311 g/mol. The highest BCUT2D eigenvalue weighted by atomic mass is 32.2. The van der Waals surface area contributed by atoms with Gasteiger partial charge >= 0.3 is 10.2 Å². The number of aryl methyl sites for hydroxylation is 1. The highest BCUT2D eigenvalue weighted by molar-refractivity contribution is 7.90. The summed E-state index contributed by atoms with van der Waals surface area (Å²) in [6.07, 6.45) is 1.07. The first-order valence-corrected chi connectivity index (χ1v) is 8.78. The molecule has 1 fully saturated rings. The van der Waals surface area contributed by atoms with Crippen molar-refractivity contribution in [3.05, 3.63) is 23.3 Å². The summed E-state index contributed by atoms with van der Waals surface area (Å²) < 4.78 is 29.4. The van der Waals surface area contributed by atoms with E-state index in [1.165, 1.54) is 0 Å². The lowest BCUT2D eigenvalue weighted by Gasteiger charge is -2.34. The summed E-state index contributed by atoms with van der Waals surface area (Å²) in [7, 11) is -3.53. The molecular weight excluding hydrogens is 286 g/mol. The lowest BCUT2D eigenvalue weighted by atomic mass is 9.94. The highest BCUT2D eigenvalue weighted by Gasteiger charge is 2.30. The van der Waals surface area contributed by atoms with Gasteiger partial charge in [-0.25, -0.2) is 0 Å². The molecule has 1 aliphatic rings. The van der Waals surface area contributed by atoms with Gasteiger partial charge < -0.3 is 5.73 Å². The molecule has 0 saturated carbocycles. The van der Waals surface area contributed by atoms with Gasteiger partial charge in [0.25, 0.3) is 0 Å². The van der Waals surface area contributed by atoms with E-state index in [1.807, 2.05) is 19.9 Å². The number of piperidine rings is 1. The zero-order valence-corrected chi connectivity index (χ0v) is 14.0. The second-order valence-corrected chi connectivity index (χ2v) is 8.01. The lowest BCUT2D eigenvalue weighted by Crippen LogP contribution is -2.45. The average Bonchev–Trinajstić information content (AvgIpc) is 2.38.